The molecular formula is C21H18ClN3O3. The van der Waals surface area contributed by atoms with Gasteiger partial charge in [-0.15, -0.1) is 0 Å². The summed E-state index contributed by atoms with van der Waals surface area (Å²) in [5, 5.41) is 22.0. The summed E-state index contributed by atoms with van der Waals surface area (Å²) in [6.45, 7) is 0.729. The molecule has 2 aliphatic rings. The first-order valence-corrected chi connectivity index (χ1v) is 9.59. The average Bonchev–Trinajstić information content (AvgIpc) is 2.72. The summed E-state index contributed by atoms with van der Waals surface area (Å²) >= 11 is 5.95. The van der Waals surface area contributed by atoms with E-state index in [-0.39, 0.29) is 23.9 Å². The number of carbonyl (C=O) groups excluding carboxylic acids is 1. The lowest BCUT2D eigenvalue weighted by molar-refractivity contribution is -0.384. The lowest BCUT2D eigenvalue weighted by Crippen LogP contribution is -2.57. The fourth-order valence-corrected chi connectivity index (χ4v) is 4.64. The number of Topliss-reactive ketones (excluding diaryl/α,β-unsaturated/α-hetero) is 1. The first kappa shape index (κ1) is 18.5. The Balaban J connectivity index is 1.85. The molecule has 28 heavy (non-hydrogen) atoms. The van der Waals surface area contributed by atoms with E-state index in [4.69, 9.17) is 11.6 Å². The molecule has 0 N–H and O–H groups in total. The van der Waals surface area contributed by atoms with Gasteiger partial charge in [0.25, 0.3) is 5.69 Å². The Morgan fingerprint density at radius 3 is 2.68 bits per heavy atom. The van der Waals surface area contributed by atoms with Crippen LogP contribution in [0.1, 0.15) is 35.2 Å². The van der Waals surface area contributed by atoms with Crippen LogP contribution in [0.4, 0.5) is 11.4 Å². The van der Waals surface area contributed by atoms with Crippen LogP contribution in [0.5, 0.6) is 0 Å². The van der Waals surface area contributed by atoms with Crippen LogP contribution in [-0.4, -0.2) is 23.3 Å². The zero-order chi connectivity index (χ0) is 19.9. The molecule has 0 radical (unpaired) electrons. The van der Waals surface area contributed by atoms with Crippen molar-refractivity contribution in [2.45, 2.75) is 31.7 Å². The highest BCUT2D eigenvalue weighted by Crippen LogP contribution is 2.47. The first-order valence-electron chi connectivity index (χ1n) is 9.22. The van der Waals surface area contributed by atoms with E-state index < -0.39 is 10.3 Å². The van der Waals surface area contributed by atoms with E-state index in [1.165, 1.54) is 12.1 Å². The molecule has 2 aliphatic heterocycles. The molecule has 2 atom stereocenters. The third-order valence-electron chi connectivity index (χ3n) is 5.84. The number of nitro groups is 1. The standard InChI is InChI=1S/C21H18ClN3O3/c22-16-6-4-14(5-7-16)20(26)21(13-23)12-15-11-17(25(27)28)8-9-18(15)24-10-2-1-3-19(21)24/h4-9,11,19H,1-3,10,12H2/t19-,21-/m1/s1. The molecular weight excluding hydrogens is 378 g/mol. The zero-order valence-electron chi connectivity index (χ0n) is 15.1. The van der Waals surface area contributed by atoms with Crippen LogP contribution in [0.2, 0.25) is 5.02 Å². The van der Waals surface area contributed by atoms with Crippen molar-refractivity contribution in [2.24, 2.45) is 5.41 Å². The summed E-state index contributed by atoms with van der Waals surface area (Å²) in [6, 6.07) is 13.4. The van der Waals surface area contributed by atoms with Crippen molar-refractivity contribution in [1.82, 2.24) is 0 Å². The molecule has 0 saturated carbocycles. The molecule has 0 amide bonds. The second kappa shape index (κ2) is 6.92. The summed E-state index contributed by atoms with van der Waals surface area (Å²) in [6.07, 6.45) is 2.82. The van der Waals surface area contributed by atoms with Crippen LogP contribution in [0.3, 0.4) is 0 Å². The van der Waals surface area contributed by atoms with Gasteiger partial charge >= 0.3 is 0 Å². The van der Waals surface area contributed by atoms with E-state index in [2.05, 4.69) is 11.0 Å². The number of benzene rings is 2. The maximum absolute atomic E-state index is 13.5. The Labute approximate surface area is 167 Å². The third-order valence-corrected chi connectivity index (χ3v) is 6.09. The molecule has 2 aromatic carbocycles. The Hall–Kier alpha value is -2.91. The highest BCUT2D eigenvalue weighted by atomic mass is 35.5. The Kier molecular flexibility index (Phi) is 4.56. The number of hydrogen-bond acceptors (Lipinski definition) is 5. The van der Waals surface area contributed by atoms with Crippen LogP contribution >= 0.6 is 11.6 Å². The third kappa shape index (κ3) is 2.83. The van der Waals surface area contributed by atoms with Gasteiger partial charge in [-0.1, -0.05) is 11.6 Å². The molecule has 6 nitrogen and oxygen atoms in total. The Morgan fingerprint density at radius 2 is 2.00 bits per heavy atom. The molecule has 1 fully saturated rings. The second-order valence-electron chi connectivity index (χ2n) is 7.37. The summed E-state index contributed by atoms with van der Waals surface area (Å²) in [7, 11) is 0. The maximum Gasteiger partial charge on any atom is 0.269 e. The van der Waals surface area contributed by atoms with Crippen molar-refractivity contribution in [3.63, 3.8) is 0 Å². The van der Waals surface area contributed by atoms with Crippen LogP contribution in [0.25, 0.3) is 0 Å². The van der Waals surface area contributed by atoms with E-state index in [9.17, 15) is 20.2 Å². The van der Waals surface area contributed by atoms with E-state index in [0.717, 1.165) is 31.5 Å². The van der Waals surface area contributed by atoms with Crippen molar-refractivity contribution >= 4 is 28.8 Å². The van der Waals surface area contributed by atoms with Crippen LogP contribution in [0.15, 0.2) is 42.5 Å². The first-order chi connectivity index (χ1) is 13.5. The molecule has 0 bridgehead atoms. The van der Waals surface area contributed by atoms with Gasteiger partial charge in [0.1, 0.15) is 5.41 Å². The van der Waals surface area contributed by atoms with Crippen LogP contribution in [-0.2, 0) is 6.42 Å². The molecule has 1 saturated heterocycles. The summed E-state index contributed by atoms with van der Waals surface area (Å²) < 4.78 is 0. The topological polar surface area (TPSA) is 87.2 Å². The lowest BCUT2D eigenvalue weighted by atomic mass is 9.65. The van der Waals surface area contributed by atoms with Gasteiger partial charge in [-0.25, -0.2) is 0 Å². The number of anilines is 1. The Bertz CT molecular complexity index is 999. The predicted molar refractivity (Wildman–Crippen MR) is 106 cm³/mol. The number of fused-ring (bicyclic) bond motifs is 3. The van der Waals surface area contributed by atoms with Crippen LogP contribution in [0, 0.1) is 26.9 Å². The van der Waals surface area contributed by atoms with Crippen molar-refractivity contribution in [2.75, 3.05) is 11.4 Å². The molecule has 4 rings (SSSR count). The number of non-ortho nitro benzene ring substituents is 1. The molecule has 0 aromatic heterocycles. The molecule has 7 heteroatoms. The fraction of sp³-hybridized carbons (Fsp3) is 0.333. The smallest absolute Gasteiger partial charge is 0.269 e. The summed E-state index contributed by atoms with van der Waals surface area (Å²) in [5.41, 5.74) is 0.697. The zero-order valence-corrected chi connectivity index (χ0v) is 15.9. The van der Waals surface area contributed by atoms with E-state index in [0.29, 0.717) is 16.1 Å². The molecule has 142 valence electrons. The largest absolute Gasteiger partial charge is 0.366 e. The van der Waals surface area contributed by atoms with Gasteiger partial charge in [0.2, 0.25) is 0 Å². The highest BCUT2D eigenvalue weighted by Gasteiger charge is 2.53. The van der Waals surface area contributed by atoms with E-state index in [1.807, 2.05) is 0 Å². The van der Waals surface area contributed by atoms with Crippen LogP contribution < -0.4 is 4.90 Å². The SMILES string of the molecule is N#C[C@]1(C(=O)c2ccc(Cl)cc2)Cc2cc([N+](=O)[O-])ccc2N2CCCC[C@@H]21. The van der Waals surface area contributed by atoms with Gasteiger partial charge in [0.15, 0.2) is 5.78 Å². The van der Waals surface area contributed by atoms with Crippen molar-refractivity contribution in [1.29, 1.82) is 5.26 Å². The number of carbonyl (C=O) groups is 1. The number of nitriles is 1. The molecule has 2 heterocycles. The number of hydrogen-bond donors (Lipinski definition) is 0. The van der Waals surface area contributed by atoms with Gasteiger partial charge < -0.3 is 4.90 Å². The van der Waals surface area contributed by atoms with Crippen molar-refractivity contribution < 1.29 is 9.72 Å². The number of nitrogens with zero attached hydrogens (tertiary/aromatic N) is 3. The lowest BCUT2D eigenvalue weighted by Gasteiger charge is -2.49. The Morgan fingerprint density at radius 1 is 1.25 bits per heavy atom. The average molecular weight is 396 g/mol. The second-order valence-corrected chi connectivity index (χ2v) is 7.81. The monoisotopic (exact) mass is 395 g/mol. The van der Waals surface area contributed by atoms with E-state index >= 15 is 0 Å². The molecule has 0 aliphatic carbocycles. The summed E-state index contributed by atoms with van der Waals surface area (Å²) in [4.78, 5) is 26.4. The number of halogens is 1. The van der Waals surface area contributed by atoms with Gasteiger partial charge in [-0.2, -0.15) is 5.26 Å². The number of ketones is 1. The van der Waals surface area contributed by atoms with Crippen molar-refractivity contribution in [3.8, 4) is 6.07 Å². The molecule has 0 spiro atoms. The normalized spacial score (nSPS) is 23.3. The summed E-state index contributed by atoms with van der Waals surface area (Å²) in [5.74, 6) is -0.249. The minimum atomic E-state index is -1.28. The predicted octanol–water partition coefficient (Wildman–Crippen LogP) is 4.56. The maximum atomic E-state index is 13.5. The highest BCUT2D eigenvalue weighted by molar-refractivity contribution is 6.30. The van der Waals surface area contributed by atoms with E-state index in [1.54, 1.807) is 30.3 Å². The number of piperidine rings is 1. The van der Waals surface area contributed by atoms with Gasteiger partial charge in [-0.05, 0) is 55.2 Å². The minimum Gasteiger partial charge on any atom is -0.366 e. The quantitative estimate of drug-likeness (QED) is 0.432. The molecule has 0 unspecified atom stereocenters. The number of rotatable bonds is 3. The minimum absolute atomic E-state index is 0.0278. The van der Waals surface area contributed by atoms with Crippen molar-refractivity contribution in [3.05, 3.63) is 68.7 Å². The van der Waals surface area contributed by atoms with Gasteiger partial charge in [0, 0.05) is 41.4 Å². The van der Waals surface area contributed by atoms with Gasteiger partial charge in [-0.3, -0.25) is 14.9 Å². The number of nitro benzene ring substituents is 1. The van der Waals surface area contributed by atoms with Gasteiger partial charge in [0.05, 0.1) is 17.0 Å². The molecule has 2 aromatic rings. The fourth-order valence-electron chi connectivity index (χ4n) is 4.51.